The molecule has 2 aromatic rings. The number of imide groups is 1. The molecule has 20 heavy (non-hydrogen) atoms. The van der Waals surface area contributed by atoms with E-state index in [1.54, 1.807) is 24.3 Å². The summed E-state index contributed by atoms with van der Waals surface area (Å²) in [5, 5.41) is 8.94. The third-order valence-electron chi connectivity index (χ3n) is 3.02. The first-order valence-corrected chi connectivity index (χ1v) is 5.77. The van der Waals surface area contributed by atoms with Gasteiger partial charge < -0.3 is 5.11 Å². The monoisotopic (exact) mass is 268 g/mol. The predicted molar refractivity (Wildman–Crippen MR) is 68.8 cm³/mol. The van der Waals surface area contributed by atoms with Crippen molar-refractivity contribution < 1.29 is 19.5 Å². The zero-order valence-electron chi connectivity index (χ0n) is 10.1. The number of benzene rings is 1. The van der Waals surface area contributed by atoms with E-state index >= 15 is 0 Å². The number of fused-ring (bicyclic) bond motifs is 1. The minimum Gasteiger partial charge on any atom is -0.478 e. The van der Waals surface area contributed by atoms with E-state index in [9.17, 15) is 14.4 Å². The number of aromatic carboxylic acids is 1. The van der Waals surface area contributed by atoms with E-state index in [4.69, 9.17) is 5.11 Å². The second kappa shape index (κ2) is 4.27. The van der Waals surface area contributed by atoms with Crippen LogP contribution in [0.2, 0.25) is 0 Å². The van der Waals surface area contributed by atoms with Gasteiger partial charge >= 0.3 is 5.97 Å². The molecule has 0 fully saturated rings. The van der Waals surface area contributed by atoms with Gasteiger partial charge in [-0.15, -0.1) is 0 Å². The smallest absolute Gasteiger partial charge is 0.335 e. The number of anilines is 1. The fourth-order valence-corrected chi connectivity index (χ4v) is 2.07. The van der Waals surface area contributed by atoms with Crippen molar-refractivity contribution in [2.75, 3.05) is 4.90 Å². The summed E-state index contributed by atoms with van der Waals surface area (Å²) < 4.78 is 0. The van der Waals surface area contributed by atoms with Crippen LogP contribution in [0.25, 0.3) is 0 Å². The average Bonchev–Trinajstić information content (AvgIpc) is 2.72. The minimum atomic E-state index is -1.15. The summed E-state index contributed by atoms with van der Waals surface area (Å²) in [7, 11) is 0. The quantitative estimate of drug-likeness (QED) is 0.835. The molecule has 0 aliphatic carbocycles. The molecule has 0 saturated heterocycles. The largest absolute Gasteiger partial charge is 0.478 e. The molecule has 6 nitrogen and oxygen atoms in total. The molecule has 1 aromatic heterocycles. The van der Waals surface area contributed by atoms with Gasteiger partial charge in [0.05, 0.1) is 16.7 Å². The number of amides is 2. The lowest BCUT2D eigenvalue weighted by Gasteiger charge is -2.12. The molecular weight excluding hydrogens is 260 g/mol. The first-order chi connectivity index (χ1) is 9.59. The average molecular weight is 268 g/mol. The van der Waals surface area contributed by atoms with Gasteiger partial charge in [-0.25, -0.2) is 14.7 Å². The summed E-state index contributed by atoms with van der Waals surface area (Å²) in [6.07, 6.45) is 1.25. The van der Waals surface area contributed by atoms with Gasteiger partial charge in [0.25, 0.3) is 11.8 Å². The van der Waals surface area contributed by atoms with E-state index in [1.165, 1.54) is 18.3 Å². The van der Waals surface area contributed by atoms with E-state index in [-0.39, 0.29) is 11.4 Å². The van der Waals surface area contributed by atoms with Crippen LogP contribution in [0.15, 0.2) is 42.6 Å². The number of hydrogen-bond donors (Lipinski definition) is 1. The van der Waals surface area contributed by atoms with Crippen LogP contribution in [0.5, 0.6) is 0 Å². The molecule has 1 aliphatic rings. The van der Waals surface area contributed by atoms with E-state index in [2.05, 4.69) is 4.98 Å². The highest BCUT2D eigenvalue weighted by atomic mass is 16.4. The summed E-state index contributed by atoms with van der Waals surface area (Å²) in [6, 6.07) is 8.92. The number of rotatable bonds is 2. The molecule has 6 heteroatoms. The fourth-order valence-electron chi connectivity index (χ4n) is 2.07. The lowest BCUT2D eigenvalue weighted by molar-refractivity contribution is 0.0695. The molecule has 0 bridgehead atoms. The Morgan fingerprint density at radius 3 is 2.20 bits per heavy atom. The van der Waals surface area contributed by atoms with Crippen molar-refractivity contribution in [3.05, 3.63) is 59.3 Å². The molecule has 0 unspecified atom stereocenters. The standard InChI is InChI=1S/C14H8N2O4/c17-12-9-3-1-2-4-10(9)13(18)16(12)11-7-8(14(19)20)5-6-15-11/h1-7H,(H,19,20). The Hall–Kier alpha value is -3.02. The second-order valence-corrected chi connectivity index (χ2v) is 4.20. The Labute approximate surface area is 113 Å². The van der Waals surface area contributed by atoms with Crippen LogP contribution in [0.1, 0.15) is 31.1 Å². The summed E-state index contributed by atoms with van der Waals surface area (Å²) in [5.41, 5.74) is 0.548. The molecular formula is C14H8N2O4. The van der Waals surface area contributed by atoms with Gasteiger partial charge in [0.1, 0.15) is 5.82 Å². The fraction of sp³-hybridized carbons (Fsp3) is 0. The van der Waals surface area contributed by atoms with Crippen molar-refractivity contribution >= 4 is 23.6 Å². The van der Waals surface area contributed by atoms with Crippen LogP contribution in [0.4, 0.5) is 5.82 Å². The van der Waals surface area contributed by atoms with Crippen LogP contribution in [0, 0.1) is 0 Å². The molecule has 1 N–H and O–H groups in total. The number of pyridine rings is 1. The zero-order chi connectivity index (χ0) is 14.3. The van der Waals surface area contributed by atoms with Gasteiger partial charge in [-0.1, -0.05) is 12.1 Å². The van der Waals surface area contributed by atoms with Crippen molar-refractivity contribution in [3.63, 3.8) is 0 Å². The molecule has 0 radical (unpaired) electrons. The number of carboxylic acid groups (broad SMARTS) is 1. The number of carboxylic acids is 1. The van der Waals surface area contributed by atoms with Crippen LogP contribution < -0.4 is 4.90 Å². The van der Waals surface area contributed by atoms with E-state index in [0.29, 0.717) is 11.1 Å². The third kappa shape index (κ3) is 1.66. The van der Waals surface area contributed by atoms with Gasteiger partial charge in [0, 0.05) is 6.20 Å². The second-order valence-electron chi connectivity index (χ2n) is 4.20. The maximum absolute atomic E-state index is 12.2. The molecule has 1 aromatic carbocycles. The van der Waals surface area contributed by atoms with Crippen molar-refractivity contribution in [1.29, 1.82) is 0 Å². The first kappa shape index (κ1) is 12.0. The highest BCUT2D eigenvalue weighted by molar-refractivity contribution is 6.34. The number of carbonyl (C=O) groups excluding carboxylic acids is 2. The lowest BCUT2D eigenvalue weighted by atomic mass is 10.1. The van der Waals surface area contributed by atoms with E-state index in [0.717, 1.165) is 4.90 Å². The summed E-state index contributed by atoms with van der Waals surface area (Å²) >= 11 is 0. The minimum absolute atomic E-state index is 0.0103. The van der Waals surface area contributed by atoms with Crippen LogP contribution >= 0.6 is 0 Å². The summed E-state index contributed by atoms with van der Waals surface area (Å²) in [4.78, 5) is 40.1. The molecule has 0 atom stereocenters. The Kier molecular flexibility index (Phi) is 2.57. The van der Waals surface area contributed by atoms with Crippen LogP contribution in [-0.4, -0.2) is 27.9 Å². The SMILES string of the molecule is O=C(O)c1ccnc(N2C(=O)c3ccccc3C2=O)c1. The molecule has 1 aliphatic heterocycles. The van der Waals surface area contributed by atoms with Gasteiger partial charge in [-0.3, -0.25) is 9.59 Å². The van der Waals surface area contributed by atoms with E-state index in [1.807, 2.05) is 0 Å². The first-order valence-electron chi connectivity index (χ1n) is 5.77. The van der Waals surface area contributed by atoms with Gasteiger partial charge in [0.2, 0.25) is 0 Å². The number of nitrogens with zero attached hydrogens (tertiary/aromatic N) is 2. The topological polar surface area (TPSA) is 87.6 Å². The van der Waals surface area contributed by atoms with Crippen molar-refractivity contribution in [1.82, 2.24) is 4.98 Å². The summed E-state index contributed by atoms with van der Waals surface area (Å²) in [6.45, 7) is 0. The van der Waals surface area contributed by atoms with E-state index < -0.39 is 17.8 Å². The number of carbonyl (C=O) groups is 3. The lowest BCUT2D eigenvalue weighted by Crippen LogP contribution is -2.30. The highest BCUT2D eigenvalue weighted by Gasteiger charge is 2.37. The highest BCUT2D eigenvalue weighted by Crippen LogP contribution is 2.27. The molecule has 0 spiro atoms. The van der Waals surface area contributed by atoms with Crippen molar-refractivity contribution in [2.24, 2.45) is 0 Å². The Bertz CT molecular complexity index is 719. The number of aromatic nitrogens is 1. The maximum Gasteiger partial charge on any atom is 0.335 e. The van der Waals surface area contributed by atoms with Crippen LogP contribution in [0.3, 0.4) is 0 Å². The normalized spacial score (nSPS) is 13.5. The predicted octanol–water partition coefficient (Wildman–Crippen LogP) is 1.58. The molecule has 0 saturated carbocycles. The maximum atomic E-state index is 12.2. The Morgan fingerprint density at radius 1 is 1.05 bits per heavy atom. The summed E-state index contributed by atoms with van der Waals surface area (Å²) in [5.74, 6) is -2.14. The molecule has 2 heterocycles. The van der Waals surface area contributed by atoms with Crippen LogP contribution in [-0.2, 0) is 0 Å². The molecule has 2 amide bonds. The Morgan fingerprint density at radius 2 is 1.65 bits per heavy atom. The molecule has 3 rings (SSSR count). The third-order valence-corrected chi connectivity index (χ3v) is 3.02. The number of hydrogen-bond acceptors (Lipinski definition) is 4. The molecule has 98 valence electrons. The van der Waals surface area contributed by atoms with Gasteiger partial charge in [0.15, 0.2) is 0 Å². The Balaban J connectivity index is 2.09. The zero-order valence-corrected chi connectivity index (χ0v) is 10.1. The van der Waals surface area contributed by atoms with Gasteiger partial charge in [-0.2, -0.15) is 0 Å². The van der Waals surface area contributed by atoms with Gasteiger partial charge in [-0.05, 0) is 24.3 Å². The van der Waals surface area contributed by atoms with Crippen molar-refractivity contribution in [3.8, 4) is 0 Å². The van der Waals surface area contributed by atoms with Crippen molar-refractivity contribution in [2.45, 2.75) is 0 Å².